The summed E-state index contributed by atoms with van der Waals surface area (Å²) in [6.07, 6.45) is 2.46. The summed E-state index contributed by atoms with van der Waals surface area (Å²) < 4.78 is 26.9. The van der Waals surface area contributed by atoms with E-state index in [1.165, 1.54) is 35.5 Å². The fraction of sp³-hybridized carbons (Fsp3) is 0.333. The molecule has 0 amide bonds. The number of hydrogen-bond donors (Lipinski definition) is 2. The average molecular weight is 314 g/mol. The molecule has 0 spiro atoms. The summed E-state index contributed by atoms with van der Waals surface area (Å²) in [7, 11) is -3.45. The van der Waals surface area contributed by atoms with Crippen molar-refractivity contribution in [1.29, 1.82) is 0 Å². The predicted molar refractivity (Wildman–Crippen MR) is 79.3 cm³/mol. The summed E-state index contributed by atoms with van der Waals surface area (Å²) in [6.45, 7) is 0.753. The fourth-order valence-electron chi connectivity index (χ4n) is 1.66. The van der Waals surface area contributed by atoms with Crippen LogP contribution < -0.4 is 10.0 Å². The van der Waals surface area contributed by atoms with Crippen LogP contribution in [-0.2, 0) is 16.6 Å². The van der Waals surface area contributed by atoms with E-state index in [0.717, 1.165) is 11.4 Å². The lowest BCUT2D eigenvalue weighted by atomic mass is 10.4. The molecule has 2 N–H and O–H groups in total. The summed E-state index contributed by atoms with van der Waals surface area (Å²) in [5.74, 6) is 0. The summed E-state index contributed by atoms with van der Waals surface area (Å²) in [4.78, 5) is 1.40. The van der Waals surface area contributed by atoms with Gasteiger partial charge in [-0.25, -0.2) is 8.42 Å². The molecule has 0 atom stereocenters. The second-order valence-electron chi connectivity index (χ2n) is 4.52. The van der Waals surface area contributed by atoms with Gasteiger partial charge in [-0.3, -0.25) is 4.72 Å². The van der Waals surface area contributed by atoms with E-state index in [-0.39, 0.29) is 0 Å². The Hall–Kier alpha value is -0.890. The summed E-state index contributed by atoms with van der Waals surface area (Å²) in [5.41, 5.74) is 0.619. The van der Waals surface area contributed by atoms with Crippen molar-refractivity contribution in [2.45, 2.75) is 30.3 Å². The normalized spacial score (nSPS) is 15.6. The van der Waals surface area contributed by atoms with Crippen LogP contribution in [-0.4, -0.2) is 14.5 Å². The first-order valence-corrected chi connectivity index (χ1v) is 9.30. The van der Waals surface area contributed by atoms with Crippen LogP contribution in [0.4, 0.5) is 5.69 Å². The molecule has 2 aromatic heterocycles. The topological polar surface area (TPSA) is 58.2 Å². The first-order valence-electron chi connectivity index (χ1n) is 5.99. The van der Waals surface area contributed by atoms with Crippen molar-refractivity contribution in [3.05, 3.63) is 33.2 Å². The number of nitrogens with one attached hydrogen (secondary N) is 2. The standard InChI is InChI=1S/C12H14N2O2S3/c15-19(16,14-10-3-4-17-7-10)12-5-11(18-8-12)6-13-9-1-2-9/h3-5,7-9,13-14H,1-2,6H2. The molecule has 0 radical (unpaired) electrons. The summed E-state index contributed by atoms with van der Waals surface area (Å²) in [6, 6.07) is 4.13. The molecule has 7 heteroatoms. The van der Waals surface area contributed by atoms with Gasteiger partial charge in [0.15, 0.2) is 0 Å². The van der Waals surface area contributed by atoms with Crippen LogP contribution in [0.2, 0.25) is 0 Å². The highest BCUT2D eigenvalue weighted by atomic mass is 32.2. The van der Waals surface area contributed by atoms with Gasteiger partial charge in [-0.1, -0.05) is 0 Å². The van der Waals surface area contributed by atoms with Crippen molar-refractivity contribution in [2.24, 2.45) is 0 Å². The lowest BCUT2D eigenvalue weighted by Gasteiger charge is -2.03. The minimum atomic E-state index is -3.45. The SMILES string of the molecule is O=S(=O)(Nc1ccsc1)c1csc(CNC2CC2)c1. The van der Waals surface area contributed by atoms with Crippen molar-refractivity contribution in [3.63, 3.8) is 0 Å². The molecule has 0 bridgehead atoms. The molecule has 102 valence electrons. The fourth-order valence-corrected chi connectivity index (χ4v) is 4.60. The Balaban J connectivity index is 1.69. The van der Waals surface area contributed by atoms with Crippen LogP contribution in [0.25, 0.3) is 0 Å². The van der Waals surface area contributed by atoms with Gasteiger partial charge < -0.3 is 5.32 Å². The van der Waals surface area contributed by atoms with Gasteiger partial charge >= 0.3 is 0 Å². The van der Waals surface area contributed by atoms with Crippen molar-refractivity contribution >= 4 is 38.4 Å². The maximum Gasteiger partial charge on any atom is 0.262 e. The zero-order valence-corrected chi connectivity index (χ0v) is 12.6. The minimum Gasteiger partial charge on any atom is -0.309 e. The number of rotatable bonds is 6. The van der Waals surface area contributed by atoms with Crippen molar-refractivity contribution < 1.29 is 8.42 Å². The molecular formula is C12H14N2O2S3. The van der Waals surface area contributed by atoms with Crippen LogP contribution in [0.1, 0.15) is 17.7 Å². The first kappa shape index (κ1) is 13.1. The monoisotopic (exact) mass is 314 g/mol. The minimum absolute atomic E-state index is 0.344. The maximum absolute atomic E-state index is 12.1. The van der Waals surface area contributed by atoms with Gasteiger partial charge in [0.05, 0.1) is 10.6 Å². The van der Waals surface area contributed by atoms with E-state index in [4.69, 9.17) is 0 Å². The smallest absolute Gasteiger partial charge is 0.262 e. The quantitative estimate of drug-likeness (QED) is 0.862. The third-order valence-electron chi connectivity index (χ3n) is 2.86. The van der Waals surface area contributed by atoms with Gasteiger partial charge in [-0.05, 0) is 30.4 Å². The third-order valence-corrected chi connectivity index (χ3v) is 5.99. The molecule has 0 aromatic carbocycles. The highest BCUT2D eigenvalue weighted by molar-refractivity contribution is 7.92. The van der Waals surface area contributed by atoms with Crippen LogP contribution in [0.5, 0.6) is 0 Å². The van der Waals surface area contributed by atoms with E-state index in [1.807, 2.05) is 5.38 Å². The van der Waals surface area contributed by atoms with Crippen molar-refractivity contribution in [1.82, 2.24) is 5.32 Å². The highest BCUT2D eigenvalue weighted by Gasteiger charge is 2.21. The average Bonchev–Trinajstić information content (AvgIpc) is 2.87. The van der Waals surface area contributed by atoms with E-state index in [2.05, 4.69) is 10.0 Å². The second-order valence-corrected chi connectivity index (χ2v) is 7.98. The Morgan fingerprint density at radius 1 is 1.32 bits per heavy atom. The molecule has 1 aliphatic carbocycles. The van der Waals surface area contributed by atoms with Gasteiger partial charge in [0.25, 0.3) is 10.0 Å². The molecule has 1 saturated carbocycles. The van der Waals surface area contributed by atoms with Crippen LogP contribution in [0.15, 0.2) is 33.2 Å². The Morgan fingerprint density at radius 2 is 2.16 bits per heavy atom. The van der Waals surface area contributed by atoms with E-state index in [9.17, 15) is 8.42 Å². The molecule has 1 fully saturated rings. The molecule has 1 aliphatic rings. The van der Waals surface area contributed by atoms with Crippen LogP contribution in [0.3, 0.4) is 0 Å². The molecule has 3 rings (SSSR count). The Kier molecular flexibility index (Phi) is 3.62. The molecule has 19 heavy (non-hydrogen) atoms. The molecule has 2 heterocycles. The molecular weight excluding hydrogens is 300 g/mol. The van der Waals surface area contributed by atoms with E-state index < -0.39 is 10.0 Å². The van der Waals surface area contributed by atoms with Gasteiger partial charge in [0.2, 0.25) is 0 Å². The number of hydrogen-bond acceptors (Lipinski definition) is 5. The lowest BCUT2D eigenvalue weighted by Crippen LogP contribution is -2.14. The largest absolute Gasteiger partial charge is 0.309 e. The summed E-state index contributed by atoms with van der Waals surface area (Å²) in [5, 5.41) is 8.69. The zero-order valence-electron chi connectivity index (χ0n) is 10.1. The number of anilines is 1. The van der Waals surface area contributed by atoms with E-state index >= 15 is 0 Å². The molecule has 4 nitrogen and oxygen atoms in total. The maximum atomic E-state index is 12.1. The third kappa shape index (κ3) is 3.36. The first-order chi connectivity index (χ1) is 9.13. The van der Waals surface area contributed by atoms with Gasteiger partial charge in [0, 0.05) is 28.2 Å². The zero-order chi connectivity index (χ0) is 13.3. The Morgan fingerprint density at radius 3 is 2.84 bits per heavy atom. The van der Waals surface area contributed by atoms with E-state index in [0.29, 0.717) is 16.6 Å². The van der Waals surface area contributed by atoms with Crippen LogP contribution >= 0.6 is 22.7 Å². The molecule has 0 unspecified atom stereocenters. The molecule has 0 aliphatic heterocycles. The van der Waals surface area contributed by atoms with E-state index in [1.54, 1.807) is 22.9 Å². The Labute approximate surface area is 120 Å². The number of thiophene rings is 2. The predicted octanol–water partition coefficient (Wildman–Crippen LogP) is 2.86. The molecule has 0 saturated heterocycles. The second kappa shape index (κ2) is 5.24. The van der Waals surface area contributed by atoms with Gasteiger partial charge in [0.1, 0.15) is 0 Å². The van der Waals surface area contributed by atoms with Crippen molar-refractivity contribution in [3.8, 4) is 0 Å². The lowest BCUT2D eigenvalue weighted by molar-refractivity contribution is 0.601. The van der Waals surface area contributed by atoms with Crippen LogP contribution in [0, 0.1) is 0 Å². The molecule has 2 aromatic rings. The highest BCUT2D eigenvalue weighted by Crippen LogP contribution is 2.24. The Bertz CT molecular complexity index is 642. The summed E-state index contributed by atoms with van der Waals surface area (Å²) >= 11 is 2.94. The van der Waals surface area contributed by atoms with Crippen molar-refractivity contribution in [2.75, 3.05) is 4.72 Å². The van der Waals surface area contributed by atoms with Gasteiger partial charge in [-0.2, -0.15) is 11.3 Å². The number of sulfonamides is 1. The van der Waals surface area contributed by atoms with Gasteiger partial charge in [-0.15, -0.1) is 11.3 Å².